The van der Waals surface area contributed by atoms with Gasteiger partial charge in [-0.15, -0.1) is 0 Å². The van der Waals surface area contributed by atoms with Crippen molar-refractivity contribution >= 4 is 11.9 Å². The van der Waals surface area contributed by atoms with Gasteiger partial charge in [-0.3, -0.25) is 9.59 Å². The second-order valence-corrected chi connectivity index (χ2v) is 3.84. The van der Waals surface area contributed by atoms with Crippen molar-refractivity contribution in [2.75, 3.05) is 13.7 Å². The molecule has 1 aromatic carbocycles. The number of hydrogen-bond acceptors (Lipinski definition) is 4. The van der Waals surface area contributed by atoms with E-state index in [9.17, 15) is 18.4 Å². The Morgan fingerprint density at radius 2 is 2.10 bits per heavy atom. The van der Waals surface area contributed by atoms with E-state index in [0.29, 0.717) is 6.42 Å². The summed E-state index contributed by atoms with van der Waals surface area (Å²) in [5, 5.41) is 2.57. The molecule has 0 heterocycles. The third-order valence-electron chi connectivity index (χ3n) is 2.39. The minimum atomic E-state index is -2.94. The average molecular weight is 287 g/mol. The molecule has 5 nitrogen and oxygen atoms in total. The van der Waals surface area contributed by atoms with Crippen molar-refractivity contribution in [2.45, 2.75) is 19.5 Å². The van der Waals surface area contributed by atoms with Crippen LogP contribution in [0.1, 0.15) is 23.2 Å². The third kappa shape index (κ3) is 5.64. The molecule has 1 rings (SSSR count). The maximum absolute atomic E-state index is 12.0. The van der Waals surface area contributed by atoms with Crippen LogP contribution in [0.2, 0.25) is 0 Å². The molecule has 0 aliphatic carbocycles. The number of carbonyl (C=O) groups is 2. The summed E-state index contributed by atoms with van der Waals surface area (Å²) < 4.78 is 32.7. The highest BCUT2D eigenvalue weighted by Gasteiger charge is 2.09. The van der Waals surface area contributed by atoms with Gasteiger partial charge in [0.1, 0.15) is 5.75 Å². The van der Waals surface area contributed by atoms with E-state index in [1.165, 1.54) is 31.4 Å². The molecule has 1 N–H and O–H groups in total. The van der Waals surface area contributed by atoms with E-state index in [4.69, 9.17) is 0 Å². The first-order chi connectivity index (χ1) is 9.52. The number of esters is 1. The van der Waals surface area contributed by atoms with Crippen molar-refractivity contribution in [2.24, 2.45) is 0 Å². The Morgan fingerprint density at radius 1 is 1.35 bits per heavy atom. The van der Waals surface area contributed by atoms with Gasteiger partial charge in [0.25, 0.3) is 5.91 Å². The maximum atomic E-state index is 12.0. The number of halogens is 2. The number of benzene rings is 1. The maximum Gasteiger partial charge on any atom is 0.387 e. The van der Waals surface area contributed by atoms with Gasteiger partial charge in [0, 0.05) is 18.5 Å². The highest BCUT2D eigenvalue weighted by atomic mass is 19.3. The second-order valence-electron chi connectivity index (χ2n) is 3.84. The van der Waals surface area contributed by atoms with Crippen LogP contribution in [0.25, 0.3) is 0 Å². The normalized spacial score (nSPS) is 10.2. The van der Waals surface area contributed by atoms with E-state index in [0.717, 1.165) is 0 Å². The van der Waals surface area contributed by atoms with Crippen LogP contribution in [0.5, 0.6) is 5.75 Å². The summed E-state index contributed by atoms with van der Waals surface area (Å²) >= 11 is 0. The Hall–Kier alpha value is -2.18. The predicted molar refractivity (Wildman–Crippen MR) is 66.7 cm³/mol. The number of amides is 1. The van der Waals surface area contributed by atoms with Gasteiger partial charge in [-0.1, -0.05) is 6.07 Å². The number of nitrogens with one attached hydrogen (secondary N) is 1. The summed E-state index contributed by atoms with van der Waals surface area (Å²) in [4.78, 5) is 22.6. The van der Waals surface area contributed by atoms with Crippen molar-refractivity contribution in [3.8, 4) is 5.75 Å². The summed E-state index contributed by atoms with van der Waals surface area (Å²) in [6.45, 7) is -2.65. The molecule has 0 aliphatic heterocycles. The molecule has 0 saturated heterocycles. The lowest BCUT2D eigenvalue weighted by Crippen LogP contribution is -2.25. The molecule has 0 aliphatic rings. The first kappa shape index (κ1) is 15.9. The molecular formula is C13H15F2NO4. The van der Waals surface area contributed by atoms with Gasteiger partial charge in [0.15, 0.2) is 0 Å². The fourth-order valence-electron chi connectivity index (χ4n) is 1.45. The Morgan fingerprint density at radius 3 is 2.75 bits per heavy atom. The van der Waals surface area contributed by atoms with E-state index in [1.807, 2.05) is 0 Å². The Bertz CT molecular complexity index is 465. The molecule has 0 spiro atoms. The molecule has 110 valence electrons. The summed E-state index contributed by atoms with van der Waals surface area (Å²) in [5.74, 6) is -0.858. The first-order valence-electron chi connectivity index (χ1n) is 5.93. The molecule has 0 saturated carbocycles. The summed E-state index contributed by atoms with van der Waals surface area (Å²) in [6, 6.07) is 5.48. The van der Waals surface area contributed by atoms with E-state index in [2.05, 4.69) is 14.8 Å². The van der Waals surface area contributed by atoms with E-state index in [-0.39, 0.29) is 30.2 Å². The van der Waals surface area contributed by atoms with Gasteiger partial charge in [-0.2, -0.15) is 8.78 Å². The third-order valence-corrected chi connectivity index (χ3v) is 2.39. The van der Waals surface area contributed by atoms with Crippen molar-refractivity contribution in [3.63, 3.8) is 0 Å². The summed E-state index contributed by atoms with van der Waals surface area (Å²) in [7, 11) is 1.29. The lowest BCUT2D eigenvalue weighted by Gasteiger charge is -2.07. The topological polar surface area (TPSA) is 64.6 Å². The number of alkyl halides is 2. The number of ether oxygens (including phenoxy) is 2. The average Bonchev–Trinajstić information content (AvgIpc) is 2.42. The minimum absolute atomic E-state index is 0.0813. The molecule has 0 unspecified atom stereocenters. The minimum Gasteiger partial charge on any atom is -0.469 e. The fourth-order valence-corrected chi connectivity index (χ4v) is 1.45. The van der Waals surface area contributed by atoms with Crippen molar-refractivity contribution in [3.05, 3.63) is 29.8 Å². The van der Waals surface area contributed by atoms with Gasteiger partial charge in [-0.05, 0) is 24.6 Å². The molecule has 0 bridgehead atoms. The zero-order valence-electron chi connectivity index (χ0n) is 10.9. The SMILES string of the molecule is COC(=O)CCCNC(=O)c1cccc(OC(F)F)c1. The number of methoxy groups -OCH3 is 1. The molecular weight excluding hydrogens is 272 g/mol. The monoisotopic (exact) mass is 287 g/mol. The van der Waals surface area contributed by atoms with E-state index >= 15 is 0 Å². The summed E-state index contributed by atoms with van der Waals surface area (Å²) in [5.41, 5.74) is 0.209. The number of rotatable bonds is 7. The quantitative estimate of drug-likeness (QED) is 0.615. The van der Waals surface area contributed by atoms with Crippen LogP contribution >= 0.6 is 0 Å². The van der Waals surface area contributed by atoms with E-state index < -0.39 is 12.5 Å². The van der Waals surface area contributed by atoms with Crippen molar-refractivity contribution in [1.82, 2.24) is 5.32 Å². The lowest BCUT2D eigenvalue weighted by atomic mass is 10.2. The fraction of sp³-hybridized carbons (Fsp3) is 0.385. The van der Waals surface area contributed by atoms with Gasteiger partial charge in [0.05, 0.1) is 7.11 Å². The molecule has 1 amide bonds. The lowest BCUT2D eigenvalue weighted by molar-refractivity contribution is -0.140. The van der Waals surface area contributed by atoms with Crippen LogP contribution in [0.4, 0.5) is 8.78 Å². The molecule has 0 aromatic heterocycles. The van der Waals surface area contributed by atoms with Crippen LogP contribution < -0.4 is 10.1 Å². The molecule has 0 atom stereocenters. The molecule has 0 fully saturated rings. The van der Waals surface area contributed by atoms with Gasteiger partial charge >= 0.3 is 12.6 Å². The van der Waals surface area contributed by atoms with Crippen molar-refractivity contribution in [1.29, 1.82) is 0 Å². The predicted octanol–water partition coefficient (Wildman–Crippen LogP) is 1.97. The highest BCUT2D eigenvalue weighted by molar-refractivity contribution is 5.94. The Labute approximate surface area is 114 Å². The molecule has 20 heavy (non-hydrogen) atoms. The number of hydrogen-bond donors (Lipinski definition) is 1. The van der Waals surface area contributed by atoms with Gasteiger partial charge in [-0.25, -0.2) is 0 Å². The zero-order chi connectivity index (χ0) is 15.0. The first-order valence-corrected chi connectivity index (χ1v) is 5.93. The van der Waals surface area contributed by atoms with Crippen LogP contribution in [0, 0.1) is 0 Å². The second kappa shape index (κ2) is 8.08. The van der Waals surface area contributed by atoms with Crippen LogP contribution in [-0.4, -0.2) is 32.1 Å². The number of carbonyl (C=O) groups excluding carboxylic acids is 2. The smallest absolute Gasteiger partial charge is 0.387 e. The molecule has 1 aromatic rings. The zero-order valence-corrected chi connectivity index (χ0v) is 10.9. The van der Waals surface area contributed by atoms with Gasteiger partial charge < -0.3 is 14.8 Å². The van der Waals surface area contributed by atoms with Crippen LogP contribution in [-0.2, 0) is 9.53 Å². The van der Waals surface area contributed by atoms with Gasteiger partial charge in [0.2, 0.25) is 0 Å². The summed E-state index contributed by atoms with van der Waals surface area (Å²) in [6.07, 6.45) is 0.636. The van der Waals surface area contributed by atoms with Crippen molar-refractivity contribution < 1.29 is 27.8 Å². The standard InChI is InChI=1S/C13H15F2NO4/c1-19-11(17)6-3-7-16-12(18)9-4-2-5-10(8-9)20-13(14)15/h2,4-5,8,13H,3,6-7H2,1H3,(H,16,18). The molecule has 0 radical (unpaired) electrons. The van der Waals surface area contributed by atoms with E-state index in [1.54, 1.807) is 0 Å². The highest BCUT2D eigenvalue weighted by Crippen LogP contribution is 2.15. The van der Waals surface area contributed by atoms with Crippen LogP contribution in [0.15, 0.2) is 24.3 Å². The Kier molecular flexibility index (Phi) is 6.42. The van der Waals surface area contributed by atoms with Crippen LogP contribution in [0.3, 0.4) is 0 Å². The Balaban J connectivity index is 2.45. The molecule has 7 heteroatoms. The largest absolute Gasteiger partial charge is 0.469 e.